The maximum atomic E-state index is 12.7. The van der Waals surface area contributed by atoms with E-state index in [1.807, 2.05) is 11.4 Å². The van der Waals surface area contributed by atoms with Crippen LogP contribution in [0, 0.1) is 6.92 Å². The normalized spacial score (nSPS) is 12.0. The molecule has 114 valence electrons. The number of halogens is 1. The number of benzene rings is 1. The summed E-state index contributed by atoms with van der Waals surface area (Å²) in [5.74, 6) is 0. The summed E-state index contributed by atoms with van der Waals surface area (Å²) >= 11 is 7.31. The number of hydrogen-bond donors (Lipinski definition) is 1. The summed E-state index contributed by atoms with van der Waals surface area (Å²) < 4.78 is 26.8. The molecule has 0 radical (unpaired) electrons. The molecule has 1 aromatic carbocycles. The maximum Gasteiger partial charge on any atom is 0.244 e. The number of nitrogens with zero attached hydrogens (tertiary/aromatic N) is 1. The zero-order chi connectivity index (χ0) is 15.6. The van der Waals surface area contributed by atoms with Crippen molar-refractivity contribution in [1.82, 2.24) is 4.31 Å². The van der Waals surface area contributed by atoms with E-state index in [2.05, 4.69) is 0 Å². The Morgan fingerprint density at radius 2 is 2.10 bits per heavy atom. The summed E-state index contributed by atoms with van der Waals surface area (Å²) in [6.45, 7) is 2.27. The molecule has 0 aliphatic rings. The first-order chi connectivity index (χ1) is 9.86. The van der Waals surface area contributed by atoms with Gasteiger partial charge in [0.05, 0.1) is 0 Å². The Morgan fingerprint density at radius 1 is 1.38 bits per heavy atom. The van der Waals surface area contributed by atoms with Gasteiger partial charge in [-0.05, 0) is 35.6 Å². The summed E-state index contributed by atoms with van der Waals surface area (Å²) in [6, 6.07) is 7.18. The van der Waals surface area contributed by atoms with Crippen molar-refractivity contribution in [2.24, 2.45) is 5.73 Å². The fourth-order valence-electron chi connectivity index (χ4n) is 2.11. The van der Waals surface area contributed by atoms with Crippen LogP contribution in [0.1, 0.15) is 16.0 Å². The van der Waals surface area contributed by atoms with Gasteiger partial charge in [0.1, 0.15) is 4.90 Å². The van der Waals surface area contributed by atoms with Gasteiger partial charge in [-0.1, -0.05) is 23.7 Å². The van der Waals surface area contributed by atoms with Crippen molar-refractivity contribution in [3.63, 3.8) is 0 Å². The molecule has 21 heavy (non-hydrogen) atoms. The minimum atomic E-state index is -3.56. The molecule has 0 aliphatic carbocycles. The number of aryl methyl sites for hydroxylation is 1. The van der Waals surface area contributed by atoms with Crippen LogP contribution in [0.5, 0.6) is 0 Å². The monoisotopic (exact) mass is 344 g/mol. The third-order valence-electron chi connectivity index (χ3n) is 3.14. The van der Waals surface area contributed by atoms with E-state index in [0.29, 0.717) is 14.8 Å². The largest absolute Gasteiger partial charge is 0.326 e. The Kier molecular flexibility index (Phi) is 5.06. The number of sulfonamides is 1. The van der Waals surface area contributed by atoms with Crippen molar-refractivity contribution in [1.29, 1.82) is 0 Å². The first-order valence-corrected chi connectivity index (χ1v) is 9.04. The van der Waals surface area contributed by atoms with Crippen molar-refractivity contribution in [3.05, 3.63) is 50.7 Å². The number of rotatable bonds is 5. The van der Waals surface area contributed by atoms with Crippen LogP contribution in [0.2, 0.25) is 5.02 Å². The third-order valence-corrected chi connectivity index (χ3v) is 6.66. The molecule has 2 N–H and O–H groups in total. The first-order valence-electron chi connectivity index (χ1n) is 6.34. The average molecular weight is 345 g/mol. The van der Waals surface area contributed by atoms with E-state index in [-0.39, 0.29) is 13.1 Å². The lowest BCUT2D eigenvalue weighted by atomic mass is 10.2. The highest BCUT2D eigenvalue weighted by Crippen LogP contribution is 2.29. The van der Waals surface area contributed by atoms with Gasteiger partial charge in [0.2, 0.25) is 10.0 Å². The minimum absolute atomic E-state index is 0.220. The lowest BCUT2D eigenvalue weighted by molar-refractivity contribution is 0.466. The molecule has 0 bridgehead atoms. The van der Waals surface area contributed by atoms with Crippen LogP contribution >= 0.6 is 22.9 Å². The lowest BCUT2D eigenvalue weighted by Crippen LogP contribution is -2.27. The van der Waals surface area contributed by atoms with Crippen molar-refractivity contribution >= 4 is 33.0 Å². The summed E-state index contributed by atoms with van der Waals surface area (Å²) in [5.41, 5.74) is 7.22. The molecule has 0 atom stereocenters. The topological polar surface area (TPSA) is 63.4 Å². The van der Waals surface area contributed by atoms with Gasteiger partial charge < -0.3 is 5.73 Å². The molecule has 7 heteroatoms. The highest BCUT2D eigenvalue weighted by Gasteiger charge is 2.27. The molecule has 4 nitrogen and oxygen atoms in total. The van der Waals surface area contributed by atoms with Crippen LogP contribution in [0.3, 0.4) is 0 Å². The van der Waals surface area contributed by atoms with Crippen molar-refractivity contribution < 1.29 is 8.42 Å². The fourth-order valence-corrected chi connectivity index (χ4v) is 5.12. The van der Waals surface area contributed by atoms with Gasteiger partial charge in [0, 0.05) is 30.0 Å². The summed E-state index contributed by atoms with van der Waals surface area (Å²) in [7, 11) is -2.00. The second-order valence-electron chi connectivity index (χ2n) is 4.77. The first kappa shape index (κ1) is 16.5. The summed E-state index contributed by atoms with van der Waals surface area (Å²) in [5, 5.41) is 2.41. The second-order valence-corrected chi connectivity index (χ2v) is 8.15. The summed E-state index contributed by atoms with van der Waals surface area (Å²) in [6.07, 6.45) is 0. The second kappa shape index (κ2) is 6.46. The Morgan fingerprint density at radius 3 is 2.71 bits per heavy atom. The predicted octanol–water partition coefficient (Wildman–Crippen LogP) is 2.99. The highest BCUT2D eigenvalue weighted by atomic mass is 35.5. The van der Waals surface area contributed by atoms with E-state index < -0.39 is 10.0 Å². The van der Waals surface area contributed by atoms with Crippen LogP contribution in [0.15, 0.2) is 34.5 Å². The number of thiophene rings is 1. The standard InChI is InChI=1S/C14H17ClN2O2S2/c1-10-9-20-13(7-16)14(10)21(18,19)17(2)8-11-4-3-5-12(15)6-11/h3-6,9H,7-8,16H2,1-2H3. The molecule has 0 saturated carbocycles. The van der Waals surface area contributed by atoms with Crippen molar-refractivity contribution in [2.75, 3.05) is 7.05 Å². The molecule has 0 fully saturated rings. The molecule has 2 aromatic rings. The molecular weight excluding hydrogens is 328 g/mol. The van der Waals surface area contributed by atoms with Crippen LogP contribution < -0.4 is 5.73 Å². The predicted molar refractivity (Wildman–Crippen MR) is 87.1 cm³/mol. The zero-order valence-electron chi connectivity index (χ0n) is 11.8. The fraction of sp³-hybridized carbons (Fsp3) is 0.286. The molecule has 0 amide bonds. The lowest BCUT2D eigenvalue weighted by Gasteiger charge is -2.18. The highest BCUT2D eigenvalue weighted by molar-refractivity contribution is 7.89. The van der Waals surface area contributed by atoms with Crippen LogP contribution in [-0.2, 0) is 23.1 Å². The van der Waals surface area contributed by atoms with Gasteiger partial charge in [0.25, 0.3) is 0 Å². The SMILES string of the molecule is Cc1csc(CN)c1S(=O)(=O)N(C)Cc1cccc(Cl)c1. The van der Waals surface area contributed by atoms with E-state index >= 15 is 0 Å². The van der Waals surface area contributed by atoms with E-state index in [0.717, 1.165) is 11.1 Å². The third kappa shape index (κ3) is 3.46. The van der Waals surface area contributed by atoms with Crippen molar-refractivity contribution in [2.45, 2.75) is 24.9 Å². The van der Waals surface area contributed by atoms with Crippen LogP contribution in [0.4, 0.5) is 0 Å². The molecule has 0 unspecified atom stereocenters. The van der Waals surface area contributed by atoms with Gasteiger partial charge in [-0.3, -0.25) is 0 Å². The van der Waals surface area contributed by atoms with Gasteiger partial charge >= 0.3 is 0 Å². The van der Waals surface area contributed by atoms with E-state index in [9.17, 15) is 8.42 Å². The zero-order valence-corrected chi connectivity index (χ0v) is 14.2. The van der Waals surface area contributed by atoms with Gasteiger partial charge in [-0.25, -0.2) is 8.42 Å². The Bertz CT molecular complexity index is 741. The Balaban J connectivity index is 2.33. The molecule has 1 heterocycles. The van der Waals surface area contributed by atoms with Crippen LogP contribution in [-0.4, -0.2) is 19.8 Å². The molecule has 0 saturated heterocycles. The smallest absolute Gasteiger partial charge is 0.244 e. The number of nitrogens with two attached hydrogens (primary N) is 1. The van der Waals surface area contributed by atoms with E-state index in [1.165, 1.54) is 15.6 Å². The molecule has 1 aromatic heterocycles. The molecule has 2 rings (SSSR count). The molecule has 0 aliphatic heterocycles. The Hall–Kier alpha value is -0.920. The average Bonchev–Trinajstić information content (AvgIpc) is 2.80. The Labute approximate surface area is 134 Å². The summed E-state index contributed by atoms with van der Waals surface area (Å²) in [4.78, 5) is 1.02. The number of hydrogen-bond acceptors (Lipinski definition) is 4. The quantitative estimate of drug-likeness (QED) is 0.906. The molecular formula is C14H17ClN2O2S2. The van der Waals surface area contributed by atoms with E-state index in [1.54, 1.807) is 32.2 Å². The van der Waals surface area contributed by atoms with Gasteiger partial charge in [-0.15, -0.1) is 11.3 Å². The van der Waals surface area contributed by atoms with Gasteiger partial charge in [-0.2, -0.15) is 4.31 Å². The van der Waals surface area contributed by atoms with E-state index in [4.69, 9.17) is 17.3 Å². The van der Waals surface area contributed by atoms with Crippen molar-refractivity contribution in [3.8, 4) is 0 Å². The van der Waals surface area contributed by atoms with Gasteiger partial charge in [0.15, 0.2) is 0 Å². The molecule has 0 spiro atoms. The van der Waals surface area contributed by atoms with Crippen LogP contribution in [0.25, 0.3) is 0 Å². The maximum absolute atomic E-state index is 12.7. The minimum Gasteiger partial charge on any atom is -0.326 e.